The van der Waals surface area contributed by atoms with Crippen LogP contribution in [0.25, 0.3) is 0 Å². The molecule has 1 amide bonds. The van der Waals surface area contributed by atoms with Crippen LogP contribution in [0.5, 0.6) is 0 Å². The van der Waals surface area contributed by atoms with Crippen molar-refractivity contribution in [2.45, 2.75) is 12.5 Å². The zero-order chi connectivity index (χ0) is 15.1. The van der Waals surface area contributed by atoms with Gasteiger partial charge in [0.25, 0.3) is 5.69 Å². The fraction of sp³-hybridized carbons (Fsp3) is 0.462. The maximum Gasteiger partial charge on any atom is 0.269 e. The average molecular weight is 281 g/mol. The molecule has 110 valence electrons. The van der Waals surface area contributed by atoms with Crippen LogP contribution < -0.4 is 5.32 Å². The van der Waals surface area contributed by atoms with Crippen molar-refractivity contribution >= 4 is 11.6 Å². The summed E-state index contributed by atoms with van der Waals surface area (Å²) in [5.74, 6) is 0.0160. The van der Waals surface area contributed by atoms with Gasteiger partial charge >= 0.3 is 0 Å². The second-order valence-electron chi connectivity index (χ2n) is 4.61. The van der Waals surface area contributed by atoms with Gasteiger partial charge in [0.2, 0.25) is 5.91 Å². The van der Waals surface area contributed by atoms with Gasteiger partial charge in [0, 0.05) is 45.7 Å². The number of nitro benzene ring substituents is 1. The van der Waals surface area contributed by atoms with E-state index in [9.17, 15) is 20.0 Å². The minimum absolute atomic E-state index is 0.00881. The van der Waals surface area contributed by atoms with Crippen molar-refractivity contribution in [2.75, 3.05) is 27.2 Å². The number of hydrogen-bond acceptors (Lipinski definition) is 5. The van der Waals surface area contributed by atoms with Crippen molar-refractivity contribution in [3.05, 3.63) is 39.9 Å². The Labute approximate surface area is 117 Å². The lowest BCUT2D eigenvalue weighted by atomic mass is 10.1. The molecular weight excluding hydrogens is 262 g/mol. The maximum atomic E-state index is 11.3. The first-order valence-corrected chi connectivity index (χ1v) is 6.25. The Bertz CT molecular complexity index is 459. The van der Waals surface area contributed by atoms with E-state index in [4.69, 9.17) is 0 Å². The second-order valence-corrected chi connectivity index (χ2v) is 4.61. The number of amides is 1. The van der Waals surface area contributed by atoms with E-state index in [-0.39, 0.29) is 11.6 Å². The van der Waals surface area contributed by atoms with Gasteiger partial charge < -0.3 is 15.3 Å². The van der Waals surface area contributed by atoms with Crippen LogP contribution in [0.2, 0.25) is 0 Å². The minimum Gasteiger partial charge on any atom is -0.387 e. The molecule has 0 saturated carbocycles. The zero-order valence-electron chi connectivity index (χ0n) is 11.6. The van der Waals surface area contributed by atoms with Crippen LogP contribution in [-0.2, 0) is 4.79 Å². The van der Waals surface area contributed by atoms with E-state index >= 15 is 0 Å². The Balaban J connectivity index is 2.37. The number of aliphatic hydroxyl groups is 1. The van der Waals surface area contributed by atoms with Gasteiger partial charge in [0.1, 0.15) is 0 Å². The van der Waals surface area contributed by atoms with Crippen molar-refractivity contribution in [2.24, 2.45) is 0 Å². The highest BCUT2D eigenvalue weighted by molar-refractivity contribution is 5.75. The van der Waals surface area contributed by atoms with Gasteiger partial charge in [-0.25, -0.2) is 0 Å². The first-order valence-electron chi connectivity index (χ1n) is 6.25. The number of carbonyl (C=O) groups excluding carboxylic acids is 1. The quantitative estimate of drug-likeness (QED) is 0.435. The lowest BCUT2D eigenvalue weighted by Crippen LogP contribution is -2.28. The molecular formula is C13H19N3O4. The number of non-ortho nitro benzene ring substituents is 1. The standard InChI is InChI=1S/C13H19N3O4/c1-15(2)13(18)7-8-14-9-12(17)10-3-5-11(6-4-10)16(19)20/h3-6,12,14,17H,7-9H2,1-2H3. The molecule has 2 N–H and O–H groups in total. The summed E-state index contributed by atoms with van der Waals surface area (Å²) in [6.07, 6.45) is -0.398. The van der Waals surface area contributed by atoms with Crippen molar-refractivity contribution in [3.8, 4) is 0 Å². The molecule has 0 fully saturated rings. The molecule has 0 bridgehead atoms. The second kappa shape index (κ2) is 7.56. The average Bonchev–Trinajstić information content (AvgIpc) is 2.43. The predicted octanol–water partition coefficient (Wildman–Crippen LogP) is 0.696. The third-order valence-electron chi connectivity index (χ3n) is 2.84. The van der Waals surface area contributed by atoms with Gasteiger partial charge in [-0.2, -0.15) is 0 Å². The van der Waals surface area contributed by atoms with Crippen molar-refractivity contribution in [3.63, 3.8) is 0 Å². The molecule has 0 heterocycles. The topological polar surface area (TPSA) is 95.7 Å². The van der Waals surface area contributed by atoms with Crippen molar-refractivity contribution in [1.82, 2.24) is 10.2 Å². The molecule has 1 atom stereocenters. The molecule has 1 unspecified atom stereocenters. The molecule has 0 radical (unpaired) electrons. The van der Waals surface area contributed by atoms with Crippen LogP contribution in [0.15, 0.2) is 24.3 Å². The van der Waals surface area contributed by atoms with E-state index in [1.807, 2.05) is 0 Å². The van der Waals surface area contributed by atoms with E-state index in [0.717, 1.165) is 0 Å². The highest BCUT2D eigenvalue weighted by Gasteiger charge is 2.10. The number of carbonyl (C=O) groups is 1. The Morgan fingerprint density at radius 2 is 2.00 bits per heavy atom. The smallest absolute Gasteiger partial charge is 0.269 e. The molecule has 7 heteroatoms. The summed E-state index contributed by atoms with van der Waals surface area (Å²) in [4.78, 5) is 22.8. The van der Waals surface area contributed by atoms with Gasteiger partial charge in [-0.1, -0.05) is 0 Å². The molecule has 1 rings (SSSR count). The molecule has 7 nitrogen and oxygen atoms in total. The summed E-state index contributed by atoms with van der Waals surface area (Å²) in [6.45, 7) is 0.763. The number of hydrogen-bond donors (Lipinski definition) is 2. The highest BCUT2D eigenvalue weighted by Crippen LogP contribution is 2.17. The molecule has 1 aromatic carbocycles. The van der Waals surface area contributed by atoms with Gasteiger partial charge in [0.15, 0.2) is 0 Å². The van der Waals surface area contributed by atoms with Gasteiger partial charge in [-0.15, -0.1) is 0 Å². The molecule has 0 aliphatic rings. The SMILES string of the molecule is CN(C)C(=O)CCNCC(O)c1ccc([N+](=O)[O-])cc1. The van der Waals surface area contributed by atoms with Crippen LogP contribution in [-0.4, -0.2) is 48.0 Å². The third-order valence-corrected chi connectivity index (χ3v) is 2.84. The Hall–Kier alpha value is -1.99. The number of rotatable bonds is 7. The molecule has 0 spiro atoms. The Morgan fingerprint density at radius 3 is 2.50 bits per heavy atom. The monoisotopic (exact) mass is 281 g/mol. The fourth-order valence-electron chi connectivity index (χ4n) is 1.59. The summed E-state index contributed by atoms with van der Waals surface area (Å²) >= 11 is 0. The number of nitrogens with zero attached hydrogens (tertiary/aromatic N) is 2. The molecule has 20 heavy (non-hydrogen) atoms. The third kappa shape index (κ3) is 4.94. The normalized spacial score (nSPS) is 11.9. The molecule has 0 aliphatic heterocycles. The maximum absolute atomic E-state index is 11.3. The minimum atomic E-state index is -0.759. The largest absolute Gasteiger partial charge is 0.387 e. The van der Waals surface area contributed by atoms with Gasteiger partial charge in [0.05, 0.1) is 11.0 Å². The number of benzene rings is 1. The Morgan fingerprint density at radius 1 is 1.40 bits per heavy atom. The molecule has 0 aromatic heterocycles. The van der Waals surface area contributed by atoms with E-state index in [1.165, 1.54) is 29.2 Å². The van der Waals surface area contributed by atoms with Crippen molar-refractivity contribution in [1.29, 1.82) is 0 Å². The predicted molar refractivity (Wildman–Crippen MR) is 74.2 cm³/mol. The molecule has 0 aliphatic carbocycles. The van der Waals surface area contributed by atoms with E-state index < -0.39 is 11.0 Å². The molecule has 0 saturated heterocycles. The van der Waals surface area contributed by atoms with Crippen LogP contribution in [0, 0.1) is 10.1 Å². The van der Waals surface area contributed by atoms with Gasteiger partial charge in [-0.05, 0) is 17.7 Å². The Kier molecular flexibility index (Phi) is 6.08. The van der Waals surface area contributed by atoms with E-state index in [1.54, 1.807) is 14.1 Å². The van der Waals surface area contributed by atoms with E-state index in [0.29, 0.717) is 25.1 Å². The van der Waals surface area contributed by atoms with Crippen molar-refractivity contribution < 1.29 is 14.8 Å². The summed E-state index contributed by atoms with van der Waals surface area (Å²) < 4.78 is 0. The van der Waals surface area contributed by atoms with Crippen LogP contribution in [0.3, 0.4) is 0 Å². The first kappa shape index (κ1) is 16.1. The summed E-state index contributed by atoms with van der Waals surface area (Å²) in [5.41, 5.74) is 0.590. The number of nitro groups is 1. The highest BCUT2D eigenvalue weighted by atomic mass is 16.6. The van der Waals surface area contributed by atoms with Crippen LogP contribution in [0.4, 0.5) is 5.69 Å². The number of nitrogens with one attached hydrogen (secondary N) is 1. The zero-order valence-corrected chi connectivity index (χ0v) is 11.6. The van der Waals surface area contributed by atoms with Crippen LogP contribution >= 0.6 is 0 Å². The van der Waals surface area contributed by atoms with Gasteiger partial charge in [-0.3, -0.25) is 14.9 Å². The lowest BCUT2D eigenvalue weighted by molar-refractivity contribution is -0.384. The van der Waals surface area contributed by atoms with E-state index in [2.05, 4.69) is 5.32 Å². The number of aliphatic hydroxyl groups excluding tert-OH is 1. The first-order chi connectivity index (χ1) is 9.41. The summed E-state index contributed by atoms with van der Waals surface area (Å²) in [7, 11) is 3.38. The molecule has 1 aromatic rings. The summed E-state index contributed by atoms with van der Waals surface area (Å²) in [6, 6.07) is 5.76. The summed E-state index contributed by atoms with van der Waals surface area (Å²) in [5, 5.41) is 23.4. The van der Waals surface area contributed by atoms with Crippen LogP contribution in [0.1, 0.15) is 18.1 Å². The lowest BCUT2D eigenvalue weighted by Gasteiger charge is -2.13. The fourth-order valence-corrected chi connectivity index (χ4v) is 1.59.